The summed E-state index contributed by atoms with van der Waals surface area (Å²) in [6.07, 6.45) is 0.417. The summed E-state index contributed by atoms with van der Waals surface area (Å²) < 4.78 is 0. The van der Waals surface area contributed by atoms with Crippen LogP contribution >= 0.6 is 0 Å². The molecule has 0 amide bonds. The van der Waals surface area contributed by atoms with Crippen LogP contribution in [0.15, 0.2) is 48.5 Å². The molecule has 0 saturated heterocycles. The topological polar surface area (TPSA) is 32.3 Å². The summed E-state index contributed by atoms with van der Waals surface area (Å²) >= 11 is 0. The fourth-order valence-electron chi connectivity index (χ4n) is 2.70. The lowest BCUT2D eigenvalue weighted by molar-refractivity contribution is 0.124. The van der Waals surface area contributed by atoms with Gasteiger partial charge in [0.2, 0.25) is 0 Å². The molecule has 2 rings (SSSR count). The number of benzene rings is 2. The smallest absolute Gasteiger partial charge is 0.0945 e. The Hall–Kier alpha value is -1.64. The van der Waals surface area contributed by atoms with Gasteiger partial charge in [0.15, 0.2) is 0 Å². The van der Waals surface area contributed by atoms with E-state index in [0.29, 0.717) is 0 Å². The molecule has 0 heterocycles. The number of hydrogen-bond donors (Lipinski definition) is 2. The van der Waals surface area contributed by atoms with Crippen LogP contribution in [0.5, 0.6) is 0 Å². The van der Waals surface area contributed by atoms with Crippen molar-refractivity contribution in [2.24, 2.45) is 0 Å². The molecule has 0 saturated carbocycles. The molecule has 2 aromatic carbocycles. The minimum absolute atomic E-state index is 0.0617. The summed E-state index contributed by atoms with van der Waals surface area (Å²) in [5.74, 6) is 0. The summed E-state index contributed by atoms with van der Waals surface area (Å²) in [7, 11) is 0. The van der Waals surface area contributed by atoms with Crippen LogP contribution in [-0.4, -0.2) is 11.1 Å². The molecule has 21 heavy (non-hydrogen) atoms. The molecule has 0 radical (unpaired) electrons. The Morgan fingerprint density at radius 2 is 1.76 bits per heavy atom. The molecule has 112 valence electrons. The minimum Gasteiger partial charge on any atom is -0.387 e. The molecular weight excluding hydrogens is 258 g/mol. The van der Waals surface area contributed by atoms with Crippen molar-refractivity contribution in [1.29, 1.82) is 0 Å². The summed E-state index contributed by atoms with van der Waals surface area (Å²) in [6.45, 7) is 7.03. The van der Waals surface area contributed by atoms with Crippen LogP contribution in [-0.2, 0) is 6.54 Å². The lowest BCUT2D eigenvalue weighted by Crippen LogP contribution is -2.34. The monoisotopic (exact) mass is 283 g/mol. The van der Waals surface area contributed by atoms with E-state index in [1.54, 1.807) is 0 Å². The van der Waals surface area contributed by atoms with E-state index in [4.69, 9.17) is 0 Å². The zero-order chi connectivity index (χ0) is 15.2. The maximum Gasteiger partial charge on any atom is 0.0945 e. The van der Waals surface area contributed by atoms with Gasteiger partial charge in [-0.2, -0.15) is 0 Å². The molecule has 2 unspecified atom stereocenters. The molecule has 2 N–H and O–H groups in total. The van der Waals surface area contributed by atoms with E-state index in [9.17, 15) is 5.11 Å². The fraction of sp³-hybridized carbons (Fsp3) is 0.368. The van der Waals surface area contributed by atoms with Crippen LogP contribution in [0, 0.1) is 13.8 Å². The molecule has 0 aliphatic heterocycles. The third kappa shape index (κ3) is 4.16. The molecule has 2 heteroatoms. The van der Waals surface area contributed by atoms with Crippen molar-refractivity contribution in [3.8, 4) is 0 Å². The lowest BCUT2D eigenvalue weighted by atomic mass is 9.95. The maximum atomic E-state index is 10.7. The maximum absolute atomic E-state index is 10.7. The minimum atomic E-state index is -0.473. The van der Waals surface area contributed by atoms with E-state index in [1.807, 2.05) is 24.3 Å². The number of aliphatic hydroxyl groups excluding tert-OH is 1. The first-order chi connectivity index (χ1) is 10.1. The predicted octanol–water partition coefficient (Wildman–Crippen LogP) is 3.91. The molecule has 0 fully saturated rings. The molecule has 0 aliphatic carbocycles. The second-order valence-corrected chi connectivity index (χ2v) is 5.69. The zero-order valence-electron chi connectivity index (χ0n) is 13.1. The van der Waals surface area contributed by atoms with E-state index in [2.05, 4.69) is 50.4 Å². The third-order valence-electron chi connectivity index (χ3n) is 3.98. The largest absolute Gasteiger partial charge is 0.387 e. The van der Waals surface area contributed by atoms with Gasteiger partial charge in [0.05, 0.1) is 6.10 Å². The van der Waals surface area contributed by atoms with Crippen molar-refractivity contribution < 1.29 is 5.11 Å². The molecule has 0 aliphatic rings. The fourth-order valence-corrected chi connectivity index (χ4v) is 2.70. The first-order valence-corrected chi connectivity index (χ1v) is 7.64. The standard InChI is InChI=1S/C19H25NO/c1-4-18(20-13-16-8-6-5-7-9-16)19(21)17-11-10-14(2)12-15(17)3/h5-12,18-21H,4,13H2,1-3H3. The second-order valence-electron chi connectivity index (χ2n) is 5.69. The summed E-state index contributed by atoms with van der Waals surface area (Å²) in [5.41, 5.74) is 4.65. The number of rotatable bonds is 6. The second kappa shape index (κ2) is 7.39. The number of aliphatic hydroxyl groups is 1. The Morgan fingerprint density at radius 3 is 2.38 bits per heavy atom. The van der Waals surface area contributed by atoms with E-state index < -0.39 is 6.10 Å². The Morgan fingerprint density at radius 1 is 1.05 bits per heavy atom. The average Bonchev–Trinajstić information content (AvgIpc) is 2.48. The van der Waals surface area contributed by atoms with Crippen LogP contribution in [0.1, 0.15) is 41.7 Å². The molecule has 2 atom stereocenters. The highest BCUT2D eigenvalue weighted by Crippen LogP contribution is 2.23. The van der Waals surface area contributed by atoms with Gasteiger partial charge in [-0.05, 0) is 37.0 Å². The quantitative estimate of drug-likeness (QED) is 0.842. The number of aryl methyl sites for hydroxylation is 2. The highest BCUT2D eigenvalue weighted by molar-refractivity contribution is 5.32. The Kier molecular flexibility index (Phi) is 5.54. The summed E-state index contributed by atoms with van der Waals surface area (Å²) in [4.78, 5) is 0. The van der Waals surface area contributed by atoms with Crippen molar-refractivity contribution in [2.45, 2.75) is 45.9 Å². The van der Waals surface area contributed by atoms with Gasteiger partial charge < -0.3 is 10.4 Å². The predicted molar refractivity (Wildman–Crippen MR) is 88.2 cm³/mol. The van der Waals surface area contributed by atoms with E-state index >= 15 is 0 Å². The van der Waals surface area contributed by atoms with E-state index in [0.717, 1.165) is 24.1 Å². The van der Waals surface area contributed by atoms with Crippen molar-refractivity contribution in [2.75, 3.05) is 0 Å². The van der Waals surface area contributed by atoms with Gasteiger partial charge in [0.25, 0.3) is 0 Å². The highest BCUT2D eigenvalue weighted by Gasteiger charge is 2.20. The molecule has 2 aromatic rings. The van der Waals surface area contributed by atoms with Crippen molar-refractivity contribution in [3.05, 3.63) is 70.8 Å². The average molecular weight is 283 g/mol. The van der Waals surface area contributed by atoms with Crippen LogP contribution in [0.25, 0.3) is 0 Å². The van der Waals surface area contributed by atoms with Crippen LogP contribution in [0.4, 0.5) is 0 Å². The van der Waals surface area contributed by atoms with Crippen LogP contribution in [0.2, 0.25) is 0 Å². The summed E-state index contributed by atoms with van der Waals surface area (Å²) in [6, 6.07) is 16.6. The van der Waals surface area contributed by atoms with Crippen LogP contribution < -0.4 is 5.32 Å². The molecule has 2 nitrogen and oxygen atoms in total. The van der Waals surface area contributed by atoms with Gasteiger partial charge in [-0.1, -0.05) is 61.0 Å². The normalized spacial score (nSPS) is 13.9. The molecule has 0 bridgehead atoms. The SMILES string of the molecule is CCC(NCc1ccccc1)C(O)c1ccc(C)cc1C. The Bertz CT molecular complexity index is 565. The van der Waals surface area contributed by atoms with Gasteiger partial charge in [0.1, 0.15) is 0 Å². The van der Waals surface area contributed by atoms with Crippen LogP contribution in [0.3, 0.4) is 0 Å². The Labute approximate surface area is 127 Å². The molecular formula is C19H25NO. The lowest BCUT2D eigenvalue weighted by Gasteiger charge is -2.25. The van der Waals surface area contributed by atoms with Gasteiger partial charge in [-0.15, -0.1) is 0 Å². The van der Waals surface area contributed by atoms with E-state index in [-0.39, 0.29) is 6.04 Å². The van der Waals surface area contributed by atoms with E-state index in [1.165, 1.54) is 11.1 Å². The summed E-state index contributed by atoms with van der Waals surface area (Å²) in [5, 5.41) is 14.1. The molecule has 0 spiro atoms. The highest BCUT2D eigenvalue weighted by atomic mass is 16.3. The number of hydrogen-bond acceptors (Lipinski definition) is 2. The van der Waals surface area contributed by atoms with Crippen molar-refractivity contribution >= 4 is 0 Å². The van der Waals surface area contributed by atoms with Gasteiger partial charge in [-0.25, -0.2) is 0 Å². The first kappa shape index (κ1) is 15.7. The van der Waals surface area contributed by atoms with Gasteiger partial charge >= 0.3 is 0 Å². The molecule has 0 aromatic heterocycles. The van der Waals surface area contributed by atoms with Gasteiger partial charge in [-0.3, -0.25) is 0 Å². The zero-order valence-corrected chi connectivity index (χ0v) is 13.1. The first-order valence-electron chi connectivity index (χ1n) is 7.64. The van der Waals surface area contributed by atoms with Gasteiger partial charge in [0, 0.05) is 12.6 Å². The third-order valence-corrected chi connectivity index (χ3v) is 3.98. The van der Waals surface area contributed by atoms with Crippen molar-refractivity contribution in [3.63, 3.8) is 0 Å². The van der Waals surface area contributed by atoms with Crippen molar-refractivity contribution in [1.82, 2.24) is 5.32 Å². The Balaban J connectivity index is 2.06. The number of nitrogens with one attached hydrogen (secondary N) is 1.